The van der Waals surface area contributed by atoms with Crippen molar-refractivity contribution in [1.29, 1.82) is 0 Å². The van der Waals surface area contributed by atoms with Gasteiger partial charge in [0.1, 0.15) is 0 Å². The van der Waals surface area contributed by atoms with Crippen molar-refractivity contribution in [2.45, 2.75) is 37.4 Å². The monoisotopic (exact) mass is 306 g/mol. The molecule has 1 aromatic rings. The molecule has 1 fully saturated rings. The van der Waals surface area contributed by atoms with E-state index in [4.69, 9.17) is 17.3 Å². The average Bonchev–Trinajstić information content (AvgIpc) is 2.78. The minimum absolute atomic E-state index is 0.140. The predicted octanol–water partition coefficient (Wildman–Crippen LogP) is 3.57. The predicted molar refractivity (Wildman–Crippen MR) is 70.5 cm³/mol. The Morgan fingerprint density at radius 2 is 1.90 bits per heavy atom. The Morgan fingerprint density at radius 3 is 2.40 bits per heavy atom. The second kappa shape index (κ2) is 5.26. The third kappa shape index (κ3) is 3.07. The van der Waals surface area contributed by atoms with Gasteiger partial charge in [-0.25, -0.2) is 0 Å². The van der Waals surface area contributed by atoms with Crippen molar-refractivity contribution in [2.75, 3.05) is 5.32 Å². The molecule has 3 nitrogen and oxygen atoms in total. The van der Waals surface area contributed by atoms with Gasteiger partial charge in [0.2, 0.25) is 5.91 Å². The van der Waals surface area contributed by atoms with Crippen LogP contribution in [-0.2, 0) is 11.0 Å². The number of carbonyl (C=O) groups is 1. The fourth-order valence-corrected chi connectivity index (χ4v) is 2.50. The van der Waals surface area contributed by atoms with Crippen molar-refractivity contribution < 1.29 is 18.0 Å². The maximum atomic E-state index is 12.5. The molecule has 0 spiro atoms. The number of hydrogen-bond acceptors (Lipinski definition) is 2. The molecular formula is C13H14ClF3N2O. The molecule has 1 aliphatic carbocycles. The van der Waals surface area contributed by atoms with Crippen molar-refractivity contribution in [3.05, 3.63) is 28.8 Å². The van der Waals surface area contributed by atoms with Gasteiger partial charge in [-0.05, 0) is 31.0 Å². The number of benzene rings is 1. The summed E-state index contributed by atoms with van der Waals surface area (Å²) in [6.45, 7) is 0. The largest absolute Gasteiger partial charge is 0.416 e. The lowest BCUT2D eigenvalue weighted by atomic mass is 9.98. The van der Waals surface area contributed by atoms with Crippen molar-refractivity contribution in [3.63, 3.8) is 0 Å². The third-order valence-electron chi connectivity index (χ3n) is 3.49. The first-order valence-electron chi connectivity index (χ1n) is 6.19. The smallest absolute Gasteiger partial charge is 0.323 e. The van der Waals surface area contributed by atoms with Crippen LogP contribution in [0.1, 0.15) is 31.2 Å². The number of nitrogens with two attached hydrogens (primary N) is 1. The number of hydrogen-bond donors (Lipinski definition) is 2. The van der Waals surface area contributed by atoms with Gasteiger partial charge in [0.05, 0.1) is 21.8 Å². The summed E-state index contributed by atoms with van der Waals surface area (Å²) in [5, 5.41) is 2.35. The van der Waals surface area contributed by atoms with E-state index in [1.165, 1.54) is 0 Å². The topological polar surface area (TPSA) is 55.1 Å². The van der Waals surface area contributed by atoms with Gasteiger partial charge < -0.3 is 11.1 Å². The molecule has 20 heavy (non-hydrogen) atoms. The van der Waals surface area contributed by atoms with Gasteiger partial charge in [-0.15, -0.1) is 0 Å². The van der Waals surface area contributed by atoms with Gasteiger partial charge >= 0.3 is 6.18 Å². The molecule has 7 heteroatoms. The first-order valence-corrected chi connectivity index (χ1v) is 6.57. The maximum Gasteiger partial charge on any atom is 0.416 e. The first-order chi connectivity index (χ1) is 9.22. The minimum Gasteiger partial charge on any atom is -0.323 e. The highest BCUT2D eigenvalue weighted by Gasteiger charge is 2.37. The van der Waals surface area contributed by atoms with Gasteiger partial charge in [0.15, 0.2) is 0 Å². The van der Waals surface area contributed by atoms with E-state index >= 15 is 0 Å². The van der Waals surface area contributed by atoms with Crippen LogP contribution in [0.25, 0.3) is 0 Å². The summed E-state index contributed by atoms with van der Waals surface area (Å²) in [6.07, 6.45) is -1.60. The molecule has 1 aromatic carbocycles. The van der Waals surface area contributed by atoms with E-state index in [1.807, 2.05) is 0 Å². The molecule has 0 radical (unpaired) electrons. The quantitative estimate of drug-likeness (QED) is 0.877. The molecule has 0 unspecified atom stereocenters. The lowest BCUT2D eigenvalue weighted by Gasteiger charge is -2.22. The Morgan fingerprint density at radius 1 is 1.30 bits per heavy atom. The fourth-order valence-electron chi connectivity index (χ4n) is 2.27. The molecule has 110 valence electrons. The molecule has 1 amide bonds. The first kappa shape index (κ1) is 15.1. The summed E-state index contributed by atoms with van der Waals surface area (Å²) in [5.74, 6) is -0.406. The molecule has 1 aliphatic rings. The number of amides is 1. The molecule has 0 heterocycles. The Bertz CT molecular complexity index is 525. The maximum absolute atomic E-state index is 12.5. The average molecular weight is 307 g/mol. The number of nitrogens with one attached hydrogen (secondary N) is 1. The number of anilines is 1. The summed E-state index contributed by atoms with van der Waals surface area (Å²) < 4.78 is 37.5. The summed E-state index contributed by atoms with van der Waals surface area (Å²) in [7, 11) is 0. The van der Waals surface area contributed by atoms with Gasteiger partial charge in [-0.2, -0.15) is 13.2 Å². The Labute approximate surface area is 119 Å². The molecule has 0 aliphatic heterocycles. The van der Waals surface area contributed by atoms with E-state index in [2.05, 4.69) is 5.32 Å². The number of halogens is 4. The molecular weight excluding hydrogens is 293 g/mol. The van der Waals surface area contributed by atoms with Gasteiger partial charge in [0, 0.05) is 0 Å². The van der Waals surface area contributed by atoms with Gasteiger partial charge in [-0.1, -0.05) is 24.4 Å². The minimum atomic E-state index is -4.47. The standard InChI is InChI=1S/C13H14ClF3N2O/c14-9-7-8(13(15,16)17)3-4-10(9)19-11(20)12(18)5-1-2-6-12/h3-4,7H,1-2,5-6,18H2,(H,19,20). The Kier molecular flexibility index (Phi) is 3.97. The molecule has 2 rings (SSSR count). The van der Waals surface area contributed by atoms with Crippen molar-refractivity contribution >= 4 is 23.2 Å². The lowest BCUT2D eigenvalue weighted by molar-refractivity contribution is -0.137. The van der Waals surface area contributed by atoms with Crippen LogP contribution in [0.15, 0.2) is 18.2 Å². The molecule has 0 bridgehead atoms. The zero-order valence-electron chi connectivity index (χ0n) is 10.6. The highest BCUT2D eigenvalue weighted by Crippen LogP contribution is 2.34. The van der Waals surface area contributed by atoms with Gasteiger partial charge in [0.25, 0.3) is 0 Å². The van der Waals surface area contributed by atoms with Crippen molar-refractivity contribution in [2.24, 2.45) is 5.73 Å². The highest BCUT2D eigenvalue weighted by molar-refractivity contribution is 6.33. The summed E-state index contributed by atoms with van der Waals surface area (Å²) in [5.41, 5.74) is 4.29. The van der Waals surface area contributed by atoms with Gasteiger partial charge in [-0.3, -0.25) is 4.79 Å². The number of rotatable bonds is 2. The highest BCUT2D eigenvalue weighted by atomic mass is 35.5. The van der Waals surface area contributed by atoms with E-state index in [9.17, 15) is 18.0 Å². The normalized spacial score (nSPS) is 18.1. The van der Waals surface area contributed by atoms with E-state index in [0.29, 0.717) is 12.8 Å². The summed E-state index contributed by atoms with van der Waals surface area (Å²) >= 11 is 5.78. The molecule has 3 N–H and O–H groups in total. The second-order valence-electron chi connectivity index (χ2n) is 5.01. The van der Waals surface area contributed by atoms with Crippen LogP contribution in [-0.4, -0.2) is 11.4 Å². The van der Waals surface area contributed by atoms with Crippen LogP contribution in [0, 0.1) is 0 Å². The van der Waals surface area contributed by atoms with E-state index in [0.717, 1.165) is 31.0 Å². The van der Waals surface area contributed by atoms with Crippen molar-refractivity contribution in [1.82, 2.24) is 0 Å². The SMILES string of the molecule is NC1(C(=O)Nc2ccc(C(F)(F)F)cc2Cl)CCCC1. The van der Waals surface area contributed by atoms with Crippen LogP contribution in [0.3, 0.4) is 0 Å². The van der Waals surface area contributed by atoms with Crippen LogP contribution in [0.2, 0.25) is 5.02 Å². The zero-order valence-corrected chi connectivity index (χ0v) is 11.3. The summed E-state index contributed by atoms with van der Waals surface area (Å²) in [6, 6.07) is 2.80. The third-order valence-corrected chi connectivity index (χ3v) is 3.81. The van der Waals surface area contributed by atoms with E-state index in [1.54, 1.807) is 0 Å². The molecule has 0 saturated heterocycles. The van der Waals surface area contributed by atoms with Crippen LogP contribution in [0.4, 0.5) is 18.9 Å². The zero-order chi connectivity index (χ0) is 15.0. The number of alkyl halides is 3. The molecule has 0 aromatic heterocycles. The fraction of sp³-hybridized carbons (Fsp3) is 0.462. The van der Waals surface area contributed by atoms with Crippen LogP contribution < -0.4 is 11.1 Å². The molecule has 0 atom stereocenters. The Hall–Kier alpha value is -1.27. The van der Waals surface area contributed by atoms with Crippen molar-refractivity contribution in [3.8, 4) is 0 Å². The lowest BCUT2D eigenvalue weighted by Crippen LogP contribution is -2.48. The number of carbonyl (C=O) groups excluding carboxylic acids is 1. The van der Waals surface area contributed by atoms with E-state index < -0.39 is 23.2 Å². The van der Waals surface area contributed by atoms with Crippen LogP contribution >= 0.6 is 11.6 Å². The van der Waals surface area contributed by atoms with E-state index in [-0.39, 0.29) is 10.7 Å². The summed E-state index contributed by atoms with van der Waals surface area (Å²) in [4.78, 5) is 12.1. The second-order valence-corrected chi connectivity index (χ2v) is 5.42. The Balaban J connectivity index is 2.16. The van der Waals surface area contributed by atoms with Crippen LogP contribution in [0.5, 0.6) is 0 Å². The molecule has 1 saturated carbocycles.